The molecule has 23 heavy (non-hydrogen) atoms. The Labute approximate surface area is 135 Å². The molecule has 8 heteroatoms. The van der Waals surface area contributed by atoms with Gasteiger partial charge in [-0.3, -0.25) is 4.98 Å². The van der Waals surface area contributed by atoms with Crippen molar-refractivity contribution in [2.45, 2.75) is 32.2 Å². The minimum atomic E-state index is -3.17. The third-order valence-electron chi connectivity index (χ3n) is 2.96. The summed E-state index contributed by atoms with van der Waals surface area (Å²) >= 11 is 5.72. The summed E-state index contributed by atoms with van der Waals surface area (Å²) in [6.45, 7) is -2.78. The fourth-order valence-electron chi connectivity index (χ4n) is 1.83. The van der Waals surface area contributed by atoms with Gasteiger partial charge in [-0.05, 0) is 36.6 Å². The first-order valence-electron chi connectivity index (χ1n) is 6.80. The lowest BCUT2D eigenvalue weighted by molar-refractivity contribution is -0.0728. The maximum Gasteiger partial charge on any atom is 0.342 e. The second-order valence-corrected chi connectivity index (χ2v) is 5.20. The van der Waals surface area contributed by atoms with E-state index >= 15 is 0 Å². The predicted molar refractivity (Wildman–Crippen MR) is 78.5 cm³/mol. The monoisotopic (exact) mass is 346 g/mol. The van der Waals surface area contributed by atoms with E-state index in [9.17, 15) is 13.2 Å². The molecule has 0 aliphatic heterocycles. The molecule has 3 rings (SSSR count). The van der Waals surface area contributed by atoms with E-state index in [1.54, 1.807) is 12.3 Å². The van der Waals surface area contributed by atoms with Crippen LogP contribution in [0.25, 0.3) is 11.3 Å². The van der Waals surface area contributed by atoms with Gasteiger partial charge < -0.3 is 9.84 Å². The van der Waals surface area contributed by atoms with Crippen molar-refractivity contribution in [3.05, 3.63) is 47.1 Å². The Hall–Kier alpha value is -1.70. The van der Waals surface area contributed by atoms with Gasteiger partial charge in [-0.1, -0.05) is 11.6 Å². The Bertz CT molecular complexity index is 634. The van der Waals surface area contributed by atoms with Crippen LogP contribution >= 0.6 is 11.6 Å². The zero-order valence-corrected chi connectivity index (χ0v) is 12.7. The molecule has 1 aromatic carbocycles. The fraction of sp³-hybridized carbons (Fsp3) is 0.333. The molecular formula is C15H14ClF3N2O2. The molecule has 2 aromatic rings. The van der Waals surface area contributed by atoms with Crippen molar-refractivity contribution < 1.29 is 23.0 Å². The standard InChI is InChI=1S/C14H12ClFN2O.CH2F2O/c15-14-7-17-13(6-18-14)12-4-1-10(16)5-9(12)8-19-11-2-3-11;2-1(3)4/h1,4-7,11H,2-3,8H2;1,4H. The third-order valence-corrected chi connectivity index (χ3v) is 3.16. The highest BCUT2D eigenvalue weighted by molar-refractivity contribution is 6.29. The molecule has 0 bridgehead atoms. The van der Waals surface area contributed by atoms with E-state index in [0.717, 1.165) is 24.0 Å². The Morgan fingerprint density at radius 2 is 1.96 bits per heavy atom. The van der Waals surface area contributed by atoms with E-state index in [2.05, 4.69) is 9.97 Å². The van der Waals surface area contributed by atoms with E-state index in [0.29, 0.717) is 23.6 Å². The van der Waals surface area contributed by atoms with Gasteiger partial charge in [0.1, 0.15) is 11.0 Å². The number of benzene rings is 1. The van der Waals surface area contributed by atoms with Crippen LogP contribution in [0.5, 0.6) is 0 Å². The van der Waals surface area contributed by atoms with Crippen molar-refractivity contribution in [1.29, 1.82) is 0 Å². The lowest BCUT2D eigenvalue weighted by Crippen LogP contribution is -1.99. The van der Waals surface area contributed by atoms with Crippen LogP contribution in [-0.2, 0) is 11.3 Å². The average molecular weight is 347 g/mol. The number of aromatic nitrogens is 2. The molecule has 1 aliphatic carbocycles. The van der Waals surface area contributed by atoms with Gasteiger partial charge in [0.15, 0.2) is 0 Å². The summed E-state index contributed by atoms with van der Waals surface area (Å²) in [7, 11) is 0. The molecule has 1 aliphatic rings. The van der Waals surface area contributed by atoms with Crippen molar-refractivity contribution in [2.24, 2.45) is 0 Å². The van der Waals surface area contributed by atoms with E-state index in [1.165, 1.54) is 18.3 Å². The quantitative estimate of drug-likeness (QED) is 0.914. The van der Waals surface area contributed by atoms with Crippen molar-refractivity contribution >= 4 is 11.6 Å². The molecule has 4 nitrogen and oxygen atoms in total. The number of nitrogens with zero attached hydrogens (tertiary/aromatic N) is 2. The SMILES string of the molecule is Fc1ccc(-c2cnc(Cl)cn2)c(COC2CC2)c1.OC(F)F. The van der Waals surface area contributed by atoms with Crippen LogP contribution in [0.2, 0.25) is 5.15 Å². The van der Waals surface area contributed by atoms with Crippen LogP contribution in [0, 0.1) is 5.82 Å². The van der Waals surface area contributed by atoms with E-state index in [-0.39, 0.29) is 5.82 Å². The molecular weight excluding hydrogens is 333 g/mol. The van der Waals surface area contributed by atoms with Crippen molar-refractivity contribution in [2.75, 3.05) is 0 Å². The molecule has 1 aromatic heterocycles. The van der Waals surface area contributed by atoms with Crippen LogP contribution in [0.3, 0.4) is 0 Å². The summed E-state index contributed by atoms with van der Waals surface area (Å²) in [6, 6.07) is 4.58. The maximum absolute atomic E-state index is 13.4. The van der Waals surface area contributed by atoms with Crippen LogP contribution in [0.15, 0.2) is 30.6 Å². The molecule has 0 saturated heterocycles. The van der Waals surface area contributed by atoms with E-state index in [4.69, 9.17) is 21.4 Å². The minimum absolute atomic E-state index is 0.278. The number of hydrogen-bond donors (Lipinski definition) is 1. The molecule has 1 heterocycles. The summed E-state index contributed by atoms with van der Waals surface area (Å²) < 4.78 is 38.8. The number of rotatable bonds is 4. The summed E-state index contributed by atoms with van der Waals surface area (Å²) in [5, 5.41) is 7.06. The highest BCUT2D eigenvalue weighted by atomic mass is 35.5. The van der Waals surface area contributed by atoms with Gasteiger partial charge in [-0.15, -0.1) is 0 Å². The first-order valence-corrected chi connectivity index (χ1v) is 7.17. The first-order chi connectivity index (χ1) is 11.0. The summed E-state index contributed by atoms with van der Waals surface area (Å²) in [6.07, 6.45) is 5.56. The van der Waals surface area contributed by atoms with Crippen LogP contribution in [-0.4, -0.2) is 27.8 Å². The molecule has 1 saturated carbocycles. The second-order valence-electron chi connectivity index (χ2n) is 4.81. The van der Waals surface area contributed by atoms with E-state index < -0.39 is 6.61 Å². The zero-order valence-electron chi connectivity index (χ0n) is 11.9. The smallest absolute Gasteiger partial charge is 0.342 e. The number of hydrogen-bond acceptors (Lipinski definition) is 4. The number of aliphatic hydroxyl groups is 1. The van der Waals surface area contributed by atoms with Crippen molar-refractivity contribution in [1.82, 2.24) is 9.97 Å². The Kier molecular flexibility index (Phi) is 6.32. The van der Waals surface area contributed by atoms with Crippen LogP contribution < -0.4 is 0 Å². The lowest BCUT2D eigenvalue weighted by atomic mass is 10.1. The van der Waals surface area contributed by atoms with Gasteiger partial charge in [-0.2, -0.15) is 8.78 Å². The van der Waals surface area contributed by atoms with Gasteiger partial charge in [-0.25, -0.2) is 9.37 Å². The number of ether oxygens (including phenoxy) is 1. The topological polar surface area (TPSA) is 55.2 Å². The molecule has 0 unspecified atom stereocenters. The summed E-state index contributed by atoms with van der Waals surface area (Å²) in [4.78, 5) is 8.20. The fourth-order valence-corrected chi connectivity index (χ4v) is 1.92. The molecule has 0 spiro atoms. The summed E-state index contributed by atoms with van der Waals surface area (Å²) in [5.74, 6) is -0.278. The molecule has 124 valence electrons. The maximum atomic E-state index is 13.4. The van der Waals surface area contributed by atoms with Gasteiger partial charge in [0.25, 0.3) is 0 Å². The summed E-state index contributed by atoms with van der Waals surface area (Å²) in [5.41, 5.74) is 2.27. The van der Waals surface area contributed by atoms with E-state index in [1.807, 2.05) is 0 Å². The van der Waals surface area contributed by atoms with Gasteiger partial charge >= 0.3 is 6.61 Å². The number of halogens is 4. The molecule has 0 atom stereocenters. The minimum Gasteiger partial charge on any atom is -0.374 e. The molecule has 1 N–H and O–H groups in total. The Balaban J connectivity index is 0.000000433. The van der Waals surface area contributed by atoms with Gasteiger partial charge in [0, 0.05) is 5.56 Å². The number of aliphatic hydroxyl groups excluding tert-OH is 1. The zero-order chi connectivity index (χ0) is 16.8. The Morgan fingerprint density at radius 1 is 1.26 bits per heavy atom. The lowest BCUT2D eigenvalue weighted by Gasteiger charge is -2.09. The highest BCUT2D eigenvalue weighted by Gasteiger charge is 2.22. The van der Waals surface area contributed by atoms with Crippen LogP contribution in [0.4, 0.5) is 13.2 Å². The highest BCUT2D eigenvalue weighted by Crippen LogP contribution is 2.28. The Morgan fingerprint density at radius 3 is 2.52 bits per heavy atom. The van der Waals surface area contributed by atoms with Crippen molar-refractivity contribution in [3.63, 3.8) is 0 Å². The largest absolute Gasteiger partial charge is 0.374 e. The normalized spacial score (nSPS) is 13.7. The average Bonchev–Trinajstić information content (AvgIpc) is 3.30. The third kappa shape index (κ3) is 6.13. The predicted octanol–water partition coefficient (Wildman–Crippen LogP) is 3.82. The molecule has 1 fully saturated rings. The second kappa shape index (κ2) is 8.24. The van der Waals surface area contributed by atoms with Crippen LogP contribution in [0.1, 0.15) is 18.4 Å². The van der Waals surface area contributed by atoms with Gasteiger partial charge in [0.2, 0.25) is 0 Å². The van der Waals surface area contributed by atoms with Crippen molar-refractivity contribution in [3.8, 4) is 11.3 Å². The number of alkyl halides is 2. The molecule has 0 radical (unpaired) electrons. The van der Waals surface area contributed by atoms with Gasteiger partial charge in [0.05, 0.1) is 30.8 Å². The molecule has 0 amide bonds. The first kappa shape index (κ1) is 17.7.